The van der Waals surface area contributed by atoms with Crippen LogP contribution in [0.3, 0.4) is 0 Å². The molecule has 1 aromatic rings. The molecule has 2 N–H and O–H groups in total. The highest BCUT2D eigenvalue weighted by Gasteiger charge is 2.35. The number of unbranched alkanes of at least 4 members (excludes halogenated alkanes) is 4. The van der Waals surface area contributed by atoms with Gasteiger partial charge in [0.2, 0.25) is 17.5 Å². The van der Waals surface area contributed by atoms with Gasteiger partial charge in [0.25, 0.3) is 0 Å². The second kappa shape index (κ2) is 21.1. The molecule has 2 heterocycles. The first-order valence-corrected chi connectivity index (χ1v) is 22.2. The van der Waals surface area contributed by atoms with Crippen molar-refractivity contribution in [3.63, 3.8) is 0 Å². The number of allylic oxidation sites excluding steroid dienone is 5. The summed E-state index contributed by atoms with van der Waals surface area (Å²) in [7, 11) is 4.22. The van der Waals surface area contributed by atoms with Crippen LogP contribution >= 0.6 is 23.5 Å². The monoisotopic (exact) mass is 776 g/mol. The number of carbonyl (C=O) groups is 3. The summed E-state index contributed by atoms with van der Waals surface area (Å²) in [6, 6.07) is 5.67. The Morgan fingerprint density at radius 2 is 1.39 bits per heavy atom. The molecule has 2 aliphatic heterocycles. The number of likely N-dealkylation sites (N-methyl/N-ethyl adjacent to an activating group) is 2. The lowest BCUT2D eigenvalue weighted by Crippen LogP contribution is -2.44. The fourth-order valence-electron chi connectivity index (χ4n) is 6.98. The van der Waals surface area contributed by atoms with Gasteiger partial charge in [0.05, 0.1) is 24.5 Å². The molecule has 5 rings (SSSR count). The van der Waals surface area contributed by atoms with Crippen molar-refractivity contribution in [2.45, 2.75) is 65.2 Å². The van der Waals surface area contributed by atoms with Crippen molar-refractivity contribution in [3.8, 4) is 0 Å². The third-order valence-electron chi connectivity index (χ3n) is 10.5. The lowest BCUT2D eigenvalue weighted by molar-refractivity contribution is -0.537. The lowest BCUT2D eigenvalue weighted by Gasteiger charge is -2.36. The fraction of sp³-hybridized carbons (Fsp3) is 0.571. The Kier molecular flexibility index (Phi) is 16.4. The smallest absolute Gasteiger partial charge is 0.225 e. The van der Waals surface area contributed by atoms with Crippen molar-refractivity contribution in [1.82, 2.24) is 15.1 Å². The Labute approximate surface area is 331 Å². The highest BCUT2D eigenvalue weighted by atomic mass is 32.2. The Hall–Kier alpha value is -3.32. The maximum Gasteiger partial charge on any atom is 0.225 e. The average Bonchev–Trinajstić information content (AvgIpc) is 3.16. The van der Waals surface area contributed by atoms with Gasteiger partial charge in [-0.25, -0.2) is 4.58 Å². The van der Waals surface area contributed by atoms with Gasteiger partial charge in [-0.05, 0) is 56.7 Å². The van der Waals surface area contributed by atoms with Crippen LogP contribution in [0, 0.1) is 0 Å². The van der Waals surface area contributed by atoms with E-state index in [1.807, 2.05) is 36.4 Å². The highest BCUT2D eigenvalue weighted by Crippen LogP contribution is 2.42. The fourth-order valence-corrected chi connectivity index (χ4v) is 8.86. The number of rotatable bonds is 18. The molecule has 4 aliphatic rings. The molecule has 2 aliphatic carbocycles. The molecule has 10 nitrogen and oxygen atoms in total. The predicted octanol–water partition coefficient (Wildman–Crippen LogP) is 4.92. The topological polar surface area (TPSA) is 111 Å². The molecule has 2 amide bonds. The van der Waals surface area contributed by atoms with Gasteiger partial charge in [-0.3, -0.25) is 19.3 Å². The molecule has 0 spiro atoms. The first-order chi connectivity index (χ1) is 26.2. The third-order valence-corrected chi connectivity index (χ3v) is 12.6. The SMILES string of the molecule is CCCCCSCCC(=O)NC1=CC(=[N+]2CCN(C)CC2)C=C/C1=C1\C(=O)C(c2ccc(N3CCN(C)CC3)cc2NC(=O)CCSCCCCC)=C1[O-]. The summed E-state index contributed by atoms with van der Waals surface area (Å²) in [6.07, 6.45) is 13.4. The van der Waals surface area contributed by atoms with E-state index in [1.165, 1.54) is 25.7 Å². The number of nitrogens with one attached hydrogen (secondary N) is 2. The van der Waals surface area contributed by atoms with Crippen LogP contribution in [0.15, 0.2) is 59.0 Å². The number of anilines is 2. The van der Waals surface area contributed by atoms with Gasteiger partial charge in [-0.1, -0.05) is 51.4 Å². The standard InChI is InChI=1S/C42H60N6O4S2/c1-5-7-9-25-53-27-15-37(49)43-35-29-31(47-21-17-45(3)18-22-47)11-13-33(35)39-41(51)40(42(39)52)34-14-12-32(48-23-19-46(4)20-24-48)30-36(34)44-38(50)16-28-54-26-10-8-6-2/h11-14,29-30H,5-10,15-28H2,1-4H3,(H2,43,44,49,50,51,52). The van der Waals surface area contributed by atoms with Crippen LogP contribution < -0.4 is 20.6 Å². The van der Waals surface area contributed by atoms with E-state index in [1.54, 1.807) is 23.5 Å². The molecule has 12 heteroatoms. The van der Waals surface area contributed by atoms with E-state index < -0.39 is 0 Å². The van der Waals surface area contributed by atoms with E-state index in [4.69, 9.17) is 0 Å². The minimum atomic E-state index is -0.372. The van der Waals surface area contributed by atoms with E-state index in [0.29, 0.717) is 46.9 Å². The van der Waals surface area contributed by atoms with Crippen molar-refractivity contribution >= 4 is 63.8 Å². The van der Waals surface area contributed by atoms with E-state index in [0.717, 1.165) is 88.1 Å². The molecule has 0 saturated carbocycles. The molecule has 0 atom stereocenters. The van der Waals surface area contributed by atoms with Crippen molar-refractivity contribution < 1.29 is 24.1 Å². The lowest BCUT2D eigenvalue weighted by atomic mass is 9.78. The minimum Gasteiger partial charge on any atom is -0.871 e. The summed E-state index contributed by atoms with van der Waals surface area (Å²) >= 11 is 3.56. The van der Waals surface area contributed by atoms with Crippen molar-refractivity contribution in [2.75, 3.05) is 99.7 Å². The van der Waals surface area contributed by atoms with Crippen LogP contribution in [-0.4, -0.2) is 127 Å². The molecular formula is C42H60N6O4S2. The number of ketones is 1. The minimum absolute atomic E-state index is 0.0723. The molecule has 0 bridgehead atoms. The molecular weight excluding hydrogens is 717 g/mol. The first kappa shape index (κ1) is 41.8. The zero-order chi connectivity index (χ0) is 38.5. The zero-order valence-corrected chi connectivity index (χ0v) is 34.5. The van der Waals surface area contributed by atoms with Gasteiger partial charge in [0.15, 0.2) is 18.9 Å². The van der Waals surface area contributed by atoms with Gasteiger partial charge in [0, 0.05) is 90.6 Å². The quantitative estimate of drug-likeness (QED) is 0.122. The number of hydrogen-bond donors (Lipinski definition) is 2. The van der Waals surface area contributed by atoms with E-state index in [-0.39, 0.29) is 34.5 Å². The van der Waals surface area contributed by atoms with Crippen LogP contribution in [0.5, 0.6) is 0 Å². The van der Waals surface area contributed by atoms with Crippen molar-refractivity contribution in [3.05, 3.63) is 64.6 Å². The number of hydrogen-bond acceptors (Lipinski definition) is 9. The van der Waals surface area contributed by atoms with Gasteiger partial charge in [-0.2, -0.15) is 23.5 Å². The molecule has 294 valence electrons. The highest BCUT2D eigenvalue weighted by molar-refractivity contribution is 7.99. The number of Topliss-reactive ketones (excluding diaryl/α,β-unsaturated/α-hetero) is 1. The van der Waals surface area contributed by atoms with Crippen LogP contribution in [0.1, 0.15) is 70.8 Å². The summed E-state index contributed by atoms with van der Waals surface area (Å²) in [5, 5.41) is 20.3. The molecule has 0 aromatic heterocycles. The Morgan fingerprint density at radius 1 is 0.778 bits per heavy atom. The van der Waals surface area contributed by atoms with Crippen LogP contribution in [0.25, 0.3) is 5.57 Å². The summed E-state index contributed by atoms with van der Waals surface area (Å²) in [5.74, 6) is 2.48. The zero-order valence-electron chi connectivity index (χ0n) is 32.8. The molecule has 1 aromatic carbocycles. The van der Waals surface area contributed by atoms with Gasteiger partial charge in [0.1, 0.15) is 0 Å². The number of thioether (sulfide) groups is 2. The number of benzene rings is 1. The predicted molar refractivity (Wildman–Crippen MR) is 225 cm³/mol. The van der Waals surface area contributed by atoms with Gasteiger partial charge in [-0.15, -0.1) is 0 Å². The van der Waals surface area contributed by atoms with Gasteiger partial charge >= 0.3 is 0 Å². The summed E-state index contributed by atoms with van der Waals surface area (Å²) in [6.45, 7) is 11.5. The maximum atomic E-state index is 14.1. The number of carbonyl (C=O) groups excluding carboxylic acids is 3. The number of piperazine rings is 2. The Morgan fingerprint density at radius 3 is 2.00 bits per heavy atom. The Bertz CT molecular complexity index is 1660. The third kappa shape index (κ3) is 11.4. The van der Waals surface area contributed by atoms with Crippen LogP contribution in [0.2, 0.25) is 0 Å². The second-order valence-corrected chi connectivity index (χ2v) is 17.1. The van der Waals surface area contributed by atoms with Gasteiger partial charge < -0.3 is 25.5 Å². The van der Waals surface area contributed by atoms with E-state index in [9.17, 15) is 19.5 Å². The summed E-state index contributed by atoms with van der Waals surface area (Å²) in [5.41, 5.74) is 3.90. The van der Waals surface area contributed by atoms with Crippen molar-refractivity contribution in [1.29, 1.82) is 0 Å². The van der Waals surface area contributed by atoms with E-state index in [2.05, 4.69) is 57.9 Å². The second-order valence-electron chi connectivity index (χ2n) is 14.7. The van der Waals surface area contributed by atoms with Crippen molar-refractivity contribution in [2.24, 2.45) is 0 Å². The Balaban J connectivity index is 1.42. The van der Waals surface area contributed by atoms with Crippen LogP contribution in [0.4, 0.5) is 11.4 Å². The molecule has 2 fully saturated rings. The normalized spacial score (nSPS) is 19.7. The van der Waals surface area contributed by atoms with E-state index >= 15 is 0 Å². The molecule has 54 heavy (non-hydrogen) atoms. The number of nitrogens with zero attached hydrogens (tertiary/aromatic N) is 4. The molecule has 0 radical (unpaired) electrons. The summed E-state index contributed by atoms with van der Waals surface area (Å²) in [4.78, 5) is 47.5. The largest absolute Gasteiger partial charge is 0.871 e. The molecule has 2 saturated heterocycles. The summed E-state index contributed by atoms with van der Waals surface area (Å²) < 4.78 is 2.27. The molecule has 0 unspecified atom stereocenters. The number of amides is 2. The average molecular weight is 777 g/mol. The van der Waals surface area contributed by atoms with Crippen LogP contribution in [-0.2, 0) is 14.4 Å². The maximum absolute atomic E-state index is 14.1. The first-order valence-electron chi connectivity index (χ1n) is 19.9.